The second kappa shape index (κ2) is 7.40. The highest BCUT2D eigenvalue weighted by Crippen LogP contribution is 2.18. The summed E-state index contributed by atoms with van der Waals surface area (Å²) in [7, 11) is 0.254. The number of rotatable bonds is 7. The second-order valence-electron chi connectivity index (χ2n) is 5.10. The lowest BCUT2D eigenvalue weighted by Gasteiger charge is -2.22. The fraction of sp³-hybridized carbons (Fsp3) is 0.250. The van der Waals surface area contributed by atoms with Gasteiger partial charge in [0.2, 0.25) is 10.0 Å². The number of nitrogens with one attached hydrogen (secondary N) is 1. The van der Waals surface area contributed by atoms with E-state index in [1.807, 2.05) is 55.4 Å². The average molecular weight is 320 g/mol. The van der Waals surface area contributed by atoms with E-state index in [1.54, 1.807) is 18.4 Å². The molecule has 0 saturated carbocycles. The lowest BCUT2D eigenvalue weighted by atomic mass is 10.2. The van der Waals surface area contributed by atoms with E-state index in [2.05, 4.69) is 4.72 Å². The van der Waals surface area contributed by atoms with E-state index in [1.165, 1.54) is 5.41 Å². The Morgan fingerprint density at radius 2 is 1.91 bits per heavy atom. The van der Waals surface area contributed by atoms with E-state index in [-0.39, 0.29) is 12.6 Å². The van der Waals surface area contributed by atoms with Crippen molar-refractivity contribution in [2.75, 3.05) is 20.6 Å². The molecule has 5 nitrogen and oxygen atoms in total. The van der Waals surface area contributed by atoms with Crippen molar-refractivity contribution in [2.24, 2.45) is 0 Å². The molecule has 0 aliphatic carbocycles. The Kier molecular flexibility index (Phi) is 5.54. The van der Waals surface area contributed by atoms with Gasteiger partial charge in [0, 0.05) is 12.0 Å². The van der Waals surface area contributed by atoms with E-state index >= 15 is 0 Å². The van der Waals surface area contributed by atoms with Gasteiger partial charge in [0.25, 0.3) is 0 Å². The predicted octanol–water partition coefficient (Wildman–Crippen LogP) is 2.47. The summed E-state index contributed by atoms with van der Waals surface area (Å²) in [4.78, 5) is 1.91. The fourth-order valence-corrected chi connectivity index (χ4v) is 2.82. The van der Waals surface area contributed by atoms with Crippen LogP contribution in [0.4, 0.5) is 0 Å². The molecule has 0 saturated heterocycles. The van der Waals surface area contributed by atoms with Gasteiger partial charge in [-0.1, -0.05) is 30.3 Å². The Balaban J connectivity index is 2.01. The zero-order chi connectivity index (χ0) is 16.0. The molecule has 6 heteroatoms. The van der Waals surface area contributed by atoms with Crippen molar-refractivity contribution in [3.05, 3.63) is 65.5 Å². The van der Waals surface area contributed by atoms with Crippen molar-refractivity contribution in [1.82, 2.24) is 9.62 Å². The third-order valence-electron chi connectivity index (χ3n) is 3.21. The van der Waals surface area contributed by atoms with Gasteiger partial charge >= 0.3 is 0 Å². The average Bonchev–Trinajstić information content (AvgIpc) is 3.00. The van der Waals surface area contributed by atoms with Crippen LogP contribution in [0.1, 0.15) is 17.4 Å². The summed E-state index contributed by atoms with van der Waals surface area (Å²) in [6.07, 6.45) is 3.15. The molecule has 0 radical (unpaired) electrons. The van der Waals surface area contributed by atoms with Crippen molar-refractivity contribution in [3.63, 3.8) is 0 Å². The first-order chi connectivity index (χ1) is 10.5. The molecule has 2 aromatic rings. The van der Waals surface area contributed by atoms with Crippen LogP contribution in [0.25, 0.3) is 6.08 Å². The second-order valence-corrected chi connectivity index (χ2v) is 6.75. The van der Waals surface area contributed by atoms with E-state index < -0.39 is 10.0 Å². The van der Waals surface area contributed by atoms with Crippen molar-refractivity contribution in [1.29, 1.82) is 0 Å². The molecule has 1 heterocycles. The minimum atomic E-state index is -3.50. The first-order valence-corrected chi connectivity index (χ1v) is 8.45. The first kappa shape index (κ1) is 16.5. The molecule has 0 bridgehead atoms. The Morgan fingerprint density at radius 1 is 1.18 bits per heavy atom. The molecule has 1 N–H and O–H groups in total. The molecule has 0 amide bonds. The molecule has 1 aromatic carbocycles. The molecule has 22 heavy (non-hydrogen) atoms. The molecular formula is C16H20N2O3S. The zero-order valence-corrected chi connectivity index (χ0v) is 13.5. The van der Waals surface area contributed by atoms with Gasteiger partial charge in [-0.15, -0.1) is 0 Å². The number of hydrogen-bond acceptors (Lipinski definition) is 4. The summed E-state index contributed by atoms with van der Waals surface area (Å²) in [5, 5.41) is 1.18. The van der Waals surface area contributed by atoms with Gasteiger partial charge in [0.05, 0.1) is 12.3 Å². The fourth-order valence-electron chi connectivity index (χ4n) is 1.99. The van der Waals surface area contributed by atoms with Crippen molar-refractivity contribution in [2.45, 2.75) is 6.04 Å². The molecule has 2 rings (SSSR count). The number of furan rings is 1. The summed E-state index contributed by atoms with van der Waals surface area (Å²) in [6.45, 7) is 0.238. The summed E-state index contributed by atoms with van der Waals surface area (Å²) in [5.74, 6) is 0.722. The van der Waals surface area contributed by atoms with Crippen LogP contribution in [0.3, 0.4) is 0 Å². The van der Waals surface area contributed by atoms with Crippen LogP contribution in [0.5, 0.6) is 0 Å². The number of sulfonamides is 1. The van der Waals surface area contributed by atoms with Crippen LogP contribution in [-0.2, 0) is 10.0 Å². The largest absolute Gasteiger partial charge is 0.468 e. The minimum Gasteiger partial charge on any atom is -0.468 e. The number of hydrogen-bond donors (Lipinski definition) is 1. The summed E-state index contributed by atoms with van der Waals surface area (Å²) in [6, 6.07) is 12.8. The monoisotopic (exact) mass is 320 g/mol. The number of nitrogens with zero attached hydrogens (tertiary/aromatic N) is 1. The van der Waals surface area contributed by atoms with Gasteiger partial charge in [-0.05, 0) is 37.9 Å². The highest BCUT2D eigenvalue weighted by molar-refractivity contribution is 7.92. The maximum absolute atomic E-state index is 12.1. The molecule has 1 atom stereocenters. The van der Waals surface area contributed by atoms with Crippen LogP contribution in [0.15, 0.2) is 58.6 Å². The van der Waals surface area contributed by atoms with E-state index in [0.717, 1.165) is 11.3 Å². The normalized spacial score (nSPS) is 13.8. The Morgan fingerprint density at radius 3 is 2.50 bits per heavy atom. The van der Waals surface area contributed by atoms with Crippen LogP contribution in [0.2, 0.25) is 0 Å². The highest BCUT2D eigenvalue weighted by Gasteiger charge is 2.19. The van der Waals surface area contributed by atoms with Crippen molar-refractivity contribution in [3.8, 4) is 0 Å². The lowest BCUT2D eigenvalue weighted by molar-refractivity contribution is 0.259. The summed E-state index contributed by atoms with van der Waals surface area (Å²) >= 11 is 0. The summed E-state index contributed by atoms with van der Waals surface area (Å²) in [5.41, 5.74) is 0.836. The van der Waals surface area contributed by atoms with Gasteiger partial charge in [0.1, 0.15) is 5.76 Å². The molecule has 0 fully saturated rings. The standard InChI is InChI=1S/C16H20N2O3S/c1-18(2)15(16-9-6-11-21-16)13-17-22(19,20)12-10-14-7-4-3-5-8-14/h3-12,15,17H,13H2,1-2H3. The van der Waals surface area contributed by atoms with Gasteiger partial charge in [-0.2, -0.15) is 0 Å². The third-order valence-corrected chi connectivity index (χ3v) is 4.28. The Labute approximate surface area is 131 Å². The van der Waals surface area contributed by atoms with Gasteiger partial charge < -0.3 is 4.42 Å². The van der Waals surface area contributed by atoms with Crippen molar-refractivity contribution < 1.29 is 12.8 Å². The van der Waals surface area contributed by atoms with E-state index in [0.29, 0.717) is 0 Å². The molecule has 0 aliphatic heterocycles. The number of likely N-dealkylation sites (N-methyl/N-ethyl adjacent to an activating group) is 1. The SMILES string of the molecule is CN(C)C(CNS(=O)(=O)C=Cc1ccccc1)c1ccco1. The molecule has 1 unspecified atom stereocenters. The topological polar surface area (TPSA) is 62.6 Å². The number of benzene rings is 1. The van der Waals surface area contributed by atoms with E-state index in [9.17, 15) is 8.42 Å². The van der Waals surface area contributed by atoms with Crippen LogP contribution in [-0.4, -0.2) is 34.0 Å². The Hall–Kier alpha value is -1.89. The molecule has 0 spiro atoms. The van der Waals surface area contributed by atoms with Crippen LogP contribution >= 0.6 is 0 Å². The summed E-state index contributed by atoms with van der Waals surface area (Å²) < 4.78 is 32.0. The molecule has 1 aromatic heterocycles. The minimum absolute atomic E-state index is 0.157. The van der Waals surface area contributed by atoms with E-state index in [4.69, 9.17) is 4.42 Å². The van der Waals surface area contributed by atoms with Gasteiger partial charge in [0.15, 0.2) is 0 Å². The van der Waals surface area contributed by atoms with Crippen LogP contribution in [0, 0.1) is 0 Å². The Bertz CT molecular complexity index is 692. The highest BCUT2D eigenvalue weighted by atomic mass is 32.2. The first-order valence-electron chi connectivity index (χ1n) is 6.90. The maximum Gasteiger partial charge on any atom is 0.233 e. The van der Waals surface area contributed by atoms with Crippen LogP contribution < -0.4 is 4.72 Å². The molecule has 118 valence electrons. The smallest absolute Gasteiger partial charge is 0.233 e. The zero-order valence-electron chi connectivity index (χ0n) is 12.6. The molecule has 0 aliphatic rings. The third kappa shape index (κ3) is 4.84. The molecular weight excluding hydrogens is 300 g/mol. The lowest BCUT2D eigenvalue weighted by Crippen LogP contribution is -2.33. The van der Waals surface area contributed by atoms with Gasteiger partial charge in [-0.25, -0.2) is 13.1 Å². The predicted molar refractivity (Wildman–Crippen MR) is 87.5 cm³/mol. The van der Waals surface area contributed by atoms with Crippen molar-refractivity contribution >= 4 is 16.1 Å². The quantitative estimate of drug-likeness (QED) is 0.851. The van der Waals surface area contributed by atoms with Gasteiger partial charge in [-0.3, -0.25) is 4.90 Å². The maximum atomic E-state index is 12.1.